The Hall–Kier alpha value is -2.60. The first-order valence-corrected chi connectivity index (χ1v) is 12.7. The van der Waals surface area contributed by atoms with E-state index in [0.717, 1.165) is 12.0 Å². The number of ketones is 1. The molecule has 0 unspecified atom stereocenters. The van der Waals surface area contributed by atoms with Gasteiger partial charge in [-0.05, 0) is 75.4 Å². The second-order valence-corrected chi connectivity index (χ2v) is 10.0. The summed E-state index contributed by atoms with van der Waals surface area (Å²) in [6.45, 7) is 1.97. The Balaban J connectivity index is 1.72. The Kier molecular flexibility index (Phi) is 7.46. The average molecular weight is 682 g/mol. The Morgan fingerprint density at radius 1 is 1.00 bits per heavy atom. The molecule has 0 spiro atoms. The predicted molar refractivity (Wildman–Crippen MR) is 145 cm³/mol. The average Bonchev–Trinajstić information content (AvgIpc) is 3.14. The van der Waals surface area contributed by atoms with Gasteiger partial charge in [0.05, 0.1) is 19.1 Å². The third kappa shape index (κ3) is 5.07. The summed E-state index contributed by atoms with van der Waals surface area (Å²) in [6, 6.07) is 15.2. The fourth-order valence-electron chi connectivity index (χ4n) is 3.66. The summed E-state index contributed by atoms with van der Waals surface area (Å²) in [7, 11) is 0. The van der Waals surface area contributed by atoms with Crippen molar-refractivity contribution in [3.8, 4) is 17.2 Å². The number of ether oxygens (including phenoxy) is 1. The lowest BCUT2D eigenvalue weighted by molar-refractivity contribution is -0.133. The number of phenolic OH excluding ortho intramolecular Hbond substituents is 2. The van der Waals surface area contributed by atoms with Crippen LogP contribution in [0.5, 0.6) is 17.2 Å². The third-order valence-electron chi connectivity index (χ3n) is 5.24. The molecule has 6 nitrogen and oxygen atoms in total. The zero-order valence-electron chi connectivity index (χ0n) is 18.1. The highest BCUT2D eigenvalue weighted by atomic mass is 127. The molecule has 4 rings (SSSR count). The highest BCUT2D eigenvalue weighted by molar-refractivity contribution is 14.1. The molecule has 0 aliphatic carbocycles. The number of hydrogen-bond donors (Lipinski definition) is 2. The van der Waals surface area contributed by atoms with E-state index in [1.54, 1.807) is 12.1 Å². The predicted octanol–water partition coefficient (Wildman–Crippen LogP) is 6.38. The Morgan fingerprint density at radius 2 is 1.68 bits per heavy atom. The number of phenols is 2. The zero-order chi connectivity index (χ0) is 24.4. The maximum atomic E-state index is 13.5. The van der Waals surface area contributed by atoms with Crippen LogP contribution < -0.4 is 4.74 Å². The molecule has 1 aromatic heterocycles. The molecule has 34 heavy (non-hydrogen) atoms. The van der Waals surface area contributed by atoms with Crippen molar-refractivity contribution in [1.82, 2.24) is 0 Å². The number of rotatable bonds is 7. The van der Waals surface area contributed by atoms with Gasteiger partial charge >= 0.3 is 5.97 Å². The topological polar surface area (TPSA) is 97.0 Å². The van der Waals surface area contributed by atoms with Crippen molar-refractivity contribution >= 4 is 67.9 Å². The number of aromatic hydroxyl groups is 2. The summed E-state index contributed by atoms with van der Waals surface area (Å²) < 4.78 is 12.5. The zero-order valence-corrected chi connectivity index (χ0v) is 22.4. The van der Waals surface area contributed by atoms with Crippen LogP contribution in [0, 0.1) is 7.14 Å². The number of esters is 1. The van der Waals surface area contributed by atoms with E-state index in [-0.39, 0.29) is 29.5 Å². The summed E-state index contributed by atoms with van der Waals surface area (Å²) in [5, 5.41) is 21.1. The molecule has 4 aromatic rings. The van der Waals surface area contributed by atoms with E-state index in [0.29, 0.717) is 41.4 Å². The second kappa shape index (κ2) is 10.3. The molecule has 174 valence electrons. The Bertz CT molecular complexity index is 1370. The van der Waals surface area contributed by atoms with E-state index >= 15 is 0 Å². The minimum atomic E-state index is -0.522. The fraction of sp³-hybridized carbons (Fsp3) is 0.154. The molecule has 0 saturated carbocycles. The first-order chi connectivity index (χ1) is 16.3. The van der Waals surface area contributed by atoms with Crippen LogP contribution in [0.25, 0.3) is 11.0 Å². The molecule has 8 heteroatoms. The van der Waals surface area contributed by atoms with Gasteiger partial charge in [0.25, 0.3) is 0 Å². The largest absolute Gasteiger partial charge is 0.506 e. The van der Waals surface area contributed by atoms with Gasteiger partial charge in [-0.15, -0.1) is 0 Å². The summed E-state index contributed by atoms with van der Waals surface area (Å²) in [5.74, 6) is -0.465. The maximum absolute atomic E-state index is 13.5. The van der Waals surface area contributed by atoms with Crippen LogP contribution in [0.1, 0.15) is 40.6 Å². The first-order valence-electron chi connectivity index (χ1n) is 10.5. The van der Waals surface area contributed by atoms with Gasteiger partial charge in [0.2, 0.25) is 0 Å². The molecular weight excluding hydrogens is 662 g/mol. The Labute approximate surface area is 223 Å². The van der Waals surface area contributed by atoms with Crippen LogP contribution in [0.2, 0.25) is 0 Å². The van der Waals surface area contributed by atoms with Crippen molar-refractivity contribution in [3.05, 3.63) is 84.2 Å². The fourth-order valence-corrected chi connectivity index (χ4v) is 5.43. The van der Waals surface area contributed by atoms with Crippen molar-refractivity contribution in [3.63, 3.8) is 0 Å². The lowest BCUT2D eigenvalue weighted by Crippen LogP contribution is -2.11. The standard InChI is InChI=1S/C26H20I2O6/c1-2-6-20-24(25(31)15-10-17(27)26(32)18(28)11-15)16-12-19(29)22(13-21(16)33-20)34-23(30)9-14-7-4-3-5-8-14/h3-5,7-8,10-13,29,32H,2,6,9H2,1H3. The summed E-state index contributed by atoms with van der Waals surface area (Å²) in [4.78, 5) is 25.9. The van der Waals surface area contributed by atoms with Crippen molar-refractivity contribution in [2.24, 2.45) is 0 Å². The number of benzene rings is 3. The molecule has 3 aromatic carbocycles. The lowest BCUT2D eigenvalue weighted by Gasteiger charge is -2.08. The van der Waals surface area contributed by atoms with Gasteiger partial charge in [0.1, 0.15) is 17.1 Å². The van der Waals surface area contributed by atoms with E-state index in [2.05, 4.69) is 0 Å². The quantitative estimate of drug-likeness (QED) is 0.102. The Morgan fingerprint density at radius 3 is 2.32 bits per heavy atom. The van der Waals surface area contributed by atoms with Crippen molar-refractivity contribution < 1.29 is 29.0 Å². The van der Waals surface area contributed by atoms with Crippen LogP contribution >= 0.6 is 45.2 Å². The molecule has 0 fully saturated rings. The van der Waals surface area contributed by atoms with Gasteiger partial charge in [-0.2, -0.15) is 0 Å². The van der Waals surface area contributed by atoms with Crippen LogP contribution in [-0.4, -0.2) is 22.0 Å². The van der Waals surface area contributed by atoms with E-state index in [1.807, 2.05) is 82.4 Å². The van der Waals surface area contributed by atoms with E-state index in [4.69, 9.17) is 9.15 Å². The van der Waals surface area contributed by atoms with E-state index < -0.39 is 5.97 Å². The van der Waals surface area contributed by atoms with E-state index in [1.165, 1.54) is 12.1 Å². The van der Waals surface area contributed by atoms with Gasteiger partial charge in [0.15, 0.2) is 17.3 Å². The van der Waals surface area contributed by atoms with Crippen LogP contribution in [0.3, 0.4) is 0 Å². The molecule has 0 aliphatic heterocycles. The molecule has 0 amide bonds. The van der Waals surface area contributed by atoms with Gasteiger partial charge in [-0.25, -0.2) is 0 Å². The molecule has 2 N–H and O–H groups in total. The van der Waals surface area contributed by atoms with Gasteiger partial charge in [0, 0.05) is 23.4 Å². The van der Waals surface area contributed by atoms with Crippen LogP contribution in [0.15, 0.2) is 59.0 Å². The minimum Gasteiger partial charge on any atom is -0.506 e. The first kappa shape index (κ1) is 24.5. The van der Waals surface area contributed by atoms with Crippen LogP contribution in [0.4, 0.5) is 0 Å². The molecule has 0 aliphatic rings. The molecule has 0 radical (unpaired) electrons. The number of halogens is 2. The number of hydrogen-bond acceptors (Lipinski definition) is 6. The minimum absolute atomic E-state index is 0.0297. The molecular formula is C26H20I2O6. The molecule has 0 saturated heterocycles. The van der Waals surface area contributed by atoms with Crippen molar-refractivity contribution in [2.75, 3.05) is 0 Å². The molecule has 1 heterocycles. The number of carbonyl (C=O) groups excluding carboxylic acids is 2. The monoisotopic (exact) mass is 682 g/mol. The SMILES string of the molecule is CCCc1oc2cc(OC(=O)Cc3ccccc3)c(O)cc2c1C(=O)c1cc(I)c(O)c(I)c1. The number of furan rings is 1. The molecule has 0 bridgehead atoms. The maximum Gasteiger partial charge on any atom is 0.315 e. The number of fused-ring (bicyclic) bond motifs is 1. The second-order valence-electron chi connectivity index (χ2n) is 7.72. The van der Waals surface area contributed by atoms with Gasteiger partial charge in [-0.1, -0.05) is 37.3 Å². The third-order valence-corrected chi connectivity index (χ3v) is 6.89. The highest BCUT2D eigenvalue weighted by Crippen LogP contribution is 2.38. The smallest absolute Gasteiger partial charge is 0.315 e. The number of carbonyl (C=O) groups is 2. The van der Waals surface area contributed by atoms with Crippen molar-refractivity contribution in [1.29, 1.82) is 0 Å². The van der Waals surface area contributed by atoms with Crippen molar-refractivity contribution in [2.45, 2.75) is 26.2 Å². The lowest BCUT2D eigenvalue weighted by atomic mass is 9.98. The van der Waals surface area contributed by atoms with Gasteiger partial charge < -0.3 is 19.4 Å². The van der Waals surface area contributed by atoms with Crippen LogP contribution in [-0.2, 0) is 17.6 Å². The summed E-state index contributed by atoms with van der Waals surface area (Å²) >= 11 is 3.96. The molecule has 0 atom stereocenters. The normalized spacial score (nSPS) is 11.0. The number of aryl methyl sites for hydroxylation is 1. The summed E-state index contributed by atoms with van der Waals surface area (Å²) in [5.41, 5.74) is 1.90. The summed E-state index contributed by atoms with van der Waals surface area (Å²) in [6.07, 6.45) is 1.32. The van der Waals surface area contributed by atoms with Gasteiger partial charge in [-0.3, -0.25) is 9.59 Å². The van der Waals surface area contributed by atoms with E-state index in [9.17, 15) is 19.8 Å². The highest BCUT2D eigenvalue weighted by Gasteiger charge is 2.25.